The summed E-state index contributed by atoms with van der Waals surface area (Å²) < 4.78 is 29.4. The fourth-order valence-corrected chi connectivity index (χ4v) is 2.36. The number of rotatable bonds is 7. The van der Waals surface area contributed by atoms with Gasteiger partial charge >= 0.3 is 0 Å². The number of nitrogens with two attached hydrogens (primary N) is 1. The molecule has 0 rings (SSSR count). The van der Waals surface area contributed by atoms with Crippen LogP contribution in [0.2, 0.25) is 0 Å². The van der Waals surface area contributed by atoms with Gasteiger partial charge in [-0.3, -0.25) is 0 Å². The van der Waals surface area contributed by atoms with Gasteiger partial charge in [-0.25, -0.2) is 12.7 Å². The first kappa shape index (κ1) is 17.5. The van der Waals surface area contributed by atoms with Gasteiger partial charge in [-0.05, 0) is 13.3 Å². The summed E-state index contributed by atoms with van der Waals surface area (Å²) in [6.07, 6.45) is 0.514. The molecule has 2 N–H and O–H groups in total. The van der Waals surface area contributed by atoms with Crippen LogP contribution in [0.5, 0.6) is 0 Å². The molecule has 0 aliphatic carbocycles. The minimum Gasteiger partial charge on any atom is -0.385 e. The Morgan fingerprint density at radius 3 is 2.40 bits per heavy atom. The third-order valence-electron chi connectivity index (χ3n) is 2.15. The summed E-state index contributed by atoms with van der Waals surface area (Å²) in [5, 5.41) is 0. The molecular weight excluding hydrogens is 240 g/mol. The molecular formula is C8H21ClN2O3S. The molecule has 1 unspecified atom stereocenters. The van der Waals surface area contributed by atoms with Crippen LogP contribution >= 0.6 is 12.4 Å². The Morgan fingerprint density at radius 2 is 2.00 bits per heavy atom. The molecule has 0 heterocycles. The first-order chi connectivity index (χ1) is 6.45. The second kappa shape index (κ2) is 8.29. The van der Waals surface area contributed by atoms with E-state index in [1.165, 1.54) is 4.31 Å². The van der Waals surface area contributed by atoms with Crippen LogP contribution in [0.1, 0.15) is 13.3 Å². The largest absolute Gasteiger partial charge is 0.385 e. The third kappa shape index (κ3) is 6.32. The van der Waals surface area contributed by atoms with Crippen molar-refractivity contribution in [3.8, 4) is 0 Å². The molecule has 15 heavy (non-hydrogen) atoms. The number of likely N-dealkylation sites (N-methyl/N-ethyl adjacent to an activating group) is 1. The molecule has 5 nitrogen and oxygen atoms in total. The van der Waals surface area contributed by atoms with E-state index >= 15 is 0 Å². The Balaban J connectivity index is 0. The first-order valence-electron chi connectivity index (χ1n) is 4.60. The molecule has 0 aromatic rings. The van der Waals surface area contributed by atoms with Gasteiger partial charge in [0, 0.05) is 33.4 Å². The van der Waals surface area contributed by atoms with Crippen molar-refractivity contribution in [2.45, 2.75) is 19.4 Å². The van der Waals surface area contributed by atoms with E-state index in [2.05, 4.69) is 0 Å². The first-order valence-corrected chi connectivity index (χ1v) is 6.21. The standard InChI is InChI=1S/C8H20N2O3S.ClH/c1-8(7-9)10(2)14(11,12)6-4-5-13-3;/h8H,4-7,9H2,1-3H3;1H. The second-order valence-electron chi connectivity index (χ2n) is 3.26. The van der Waals surface area contributed by atoms with E-state index < -0.39 is 10.0 Å². The SMILES string of the molecule is COCCCS(=O)(=O)N(C)C(C)CN.Cl. The molecule has 0 aliphatic heterocycles. The maximum absolute atomic E-state index is 11.6. The zero-order valence-corrected chi connectivity index (χ0v) is 11.1. The topological polar surface area (TPSA) is 72.6 Å². The monoisotopic (exact) mass is 260 g/mol. The van der Waals surface area contributed by atoms with E-state index in [1.807, 2.05) is 0 Å². The highest BCUT2D eigenvalue weighted by Gasteiger charge is 2.21. The highest BCUT2D eigenvalue weighted by molar-refractivity contribution is 7.89. The van der Waals surface area contributed by atoms with Crippen LogP contribution in [0.15, 0.2) is 0 Å². The average molecular weight is 261 g/mol. The number of sulfonamides is 1. The van der Waals surface area contributed by atoms with Crippen molar-refractivity contribution in [1.82, 2.24) is 4.31 Å². The zero-order chi connectivity index (χ0) is 11.2. The van der Waals surface area contributed by atoms with Crippen LogP contribution in [-0.4, -0.2) is 51.8 Å². The molecule has 7 heteroatoms. The van der Waals surface area contributed by atoms with Crippen molar-refractivity contribution >= 4 is 22.4 Å². The van der Waals surface area contributed by atoms with E-state index in [1.54, 1.807) is 21.1 Å². The lowest BCUT2D eigenvalue weighted by molar-refractivity contribution is 0.199. The Labute approximate surface area is 98.4 Å². The summed E-state index contributed by atoms with van der Waals surface area (Å²) in [4.78, 5) is 0. The van der Waals surface area contributed by atoms with E-state index in [0.29, 0.717) is 19.6 Å². The zero-order valence-electron chi connectivity index (χ0n) is 9.47. The normalized spacial score (nSPS) is 13.7. The average Bonchev–Trinajstić information content (AvgIpc) is 2.15. The number of methoxy groups -OCH3 is 1. The summed E-state index contributed by atoms with van der Waals surface area (Å²) in [6, 6.07) is -0.150. The summed E-state index contributed by atoms with van der Waals surface area (Å²) >= 11 is 0. The molecule has 0 aliphatic rings. The second-order valence-corrected chi connectivity index (χ2v) is 5.41. The molecule has 0 spiro atoms. The highest BCUT2D eigenvalue weighted by Crippen LogP contribution is 2.04. The number of hydrogen-bond acceptors (Lipinski definition) is 4. The van der Waals surface area contributed by atoms with Crippen molar-refractivity contribution < 1.29 is 13.2 Å². The Bertz CT molecular complexity index is 246. The van der Waals surface area contributed by atoms with Crippen LogP contribution in [0, 0.1) is 0 Å². The molecule has 0 radical (unpaired) electrons. The van der Waals surface area contributed by atoms with Gasteiger partial charge in [-0.1, -0.05) is 0 Å². The molecule has 0 saturated heterocycles. The van der Waals surface area contributed by atoms with Crippen LogP contribution in [0.3, 0.4) is 0 Å². The number of hydrogen-bond donors (Lipinski definition) is 1. The van der Waals surface area contributed by atoms with Crippen molar-refractivity contribution in [3.05, 3.63) is 0 Å². The van der Waals surface area contributed by atoms with Gasteiger partial charge < -0.3 is 10.5 Å². The lowest BCUT2D eigenvalue weighted by Gasteiger charge is -2.22. The Kier molecular flexibility index (Phi) is 9.68. The fourth-order valence-electron chi connectivity index (χ4n) is 0.952. The van der Waals surface area contributed by atoms with Gasteiger partial charge in [-0.2, -0.15) is 0 Å². The molecule has 1 atom stereocenters. The van der Waals surface area contributed by atoms with Crippen LogP contribution < -0.4 is 5.73 Å². The van der Waals surface area contributed by atoms with Crippen LogP contribution in [0.25, 0.3) is 0 Å². The summed E-state index contributed by atoms with van der Waals surface area (Å²) in [6.45, 7) is 2.58. The molecule has 94 valence electrons. The van der Waals surface area contributed by atoms with E-state index in [0.717, 1.165) is 0 Å². The molecule has 0 amide bonds. The van der Waals surface area contributed by atoms with Crippen LogP contribution in [-0.2, 0) is 14.8 Å². The molecule has 0 bridgehead atoms. The minimum absolute atomic E-state index is 0. The summed E-state index contributed by atoms with van der Waals surface area (Å²) in [5.41, 5.74) is 5.39. The lowest BCUT2D eigenvalue weighted by atomic mass is 10.4. The molecule has 0 saturated carbocycles. The third-order valence-corrected chi connectivity index (χ3v) is 4.19. The molecule has 0 fully saturated rings. The van der Waals surface area contributed by atoms with Gasteiger partial charge in [0.2, 0.25) is 10.0 Å². The lowest BCUT2D eigenvalue weighted by Crippen LogP contribution is -2.41. The van der Waals surface area contributed by atoms with Gasteiger partial charge in [-0.15, -0.1) is 12.4 Å². The number of halogens is 1. The van der Waals surface area contributed by atoms with Gasteiger partial charge in [0.1, 0.15) is 0 Å². The fraction of sp³-hybridized carbons (Fsp3) is 1.00. The van der Waals surface area contributed by atoms with Crippen molar-refractivity contribution in [2.24, 2.45) is 5.73 Å². The predicted octanol–water partition coefficient (Wildman–Crippen LogP) is 0.0535. The van der Waals surface area contributed by atoms with E-state index in [4.69, 9.17) is 10.5 Å². The summed E-state index contributed by atoms with van der Waals surface area (Å²) in [7, 11) is -0.0609. The van der Waals surface area contributed by atoms with Gasteiger partial charge in [0.05, 0.1) is 5.75 Å². The van der Waals surface area contributed by atoms with Crippen molar-refractivity contribution in [1.29, 1.82) is 0 Å². The van der Waals surface area contributed by atoms with Gasteiger partial charge in [0.15, 0.2) is 0 Å². The number of ether oxygens (including phenoxy) is 1. The smallest absolute Gasteiger partial charge is 0.214 e. The molecule has 0 aromatic heterocycles. The maximum Gasteiger partial charge on any atom is 0.214 e. The maximum atomic E-state index is 11.6. The van der Waals surface area contributed by atoms with E-state index in [9.17, 15) is 8.42 Å². The van der Waals surface area contributed by atoms with Crippen molar-refractivity contribution in [3.63, 3.8) is 0 Å². The van der Waals surface area contributed by atoms with Crippen molar-refractivity contribution in [2.75, 3.05) is 33.1 Å². The predicted molar refractivity (Wildman–Crippen MR) is 63.8 cm³/mol. The van der Waals surface area contributed by atoms with Crippen LogP contribution in [0.4, 0.5) is 0 Å². The Hall–Kier alpha value is 0.120. The van der Waals surface area contributed by atoms with E-state index in [-0.39, 0.29) is 24.2 Å². The quantitative estimate of drug-likeness (QED) is 0.657. The number of nitrogens with zero attached hydrogens (tertiary/aromatic N) is 1. The minimum atomic E-state index is -3.17. The highest BCUT2D eigenvalue weighted by atomic mass is 35.5. The Morgan fingerprint density at radius 1 is 1.47 bits per heavy atom. The molecule has 0 aromatic carbocycles. The van der Waals surface area contributed by atoms with Gasteiger partial charge in [0.25, 0.3) is 0 Å². The summed E-state index contributed by atoms with van der Waals surface area (Å²) in [5.74, 6) is 0.113.